The van der Waals surface area contributed by atoms with Crippen molar-refractivity contribution in [3.63, 3.8) is 0 Å². The quantitative estimate of drug-likeness (QED) is 0.0977. The number of anilines is 2. The molecule has 3 N–H and O–H groups in total. The van der Waals surface area contributed by atoms with Crippen molar-refractivity contribution >= 4 is 80.7 Å². The second-order valence-corrected chi connectivity index (χ2v) is 12.8. The molecule has 0 spiro atoms. The van der Waals surface area contributed by atoms with Crippen LogP contribution < -0.4 is 16.0 Å². The largest absolute Gasteiger partial charge is 0.321 e. The Hall–Kier alpha value is -4.22. The molecule has 2 heterocycles. The maximum Gasteiger partial charge on any atom is 0.272 e. The van der Waals surface area contributed by atoms with Gasteiger partial charge in [-0.1, -0.05) is 54.9 Å². The molecule has 1 atom stereocenters. The van der Waals surface area contributed by atoms with Crippen molar-refractivity contribution in [2.24, 2.45) is 0 Å². The van der Waals surface area contributed by atoms with Gasteiger partial charge in [-0.15, -0.1) is 23.1 Å². The van der Waals surface area contributed by atoms with E-state index in [4.69, 9.17) is 11.6 Å². The molecule has 3 aromatic carbocycles. The lowest BCUT2D eigenvalue weighted by atomic mass is 10.2. The Morgan fingerprint density at radius 3 is 2.48 bits per heavy atom. The lowest BCUT2D eigenvalue weighted by molar-refractivity contribution is -0.116. The van der Waals surface area contributed by atoms with E-state index >= 15 is 0 Å². The van der Waals surface area contributed by atoms with Gasteiger partial charge in [0.05, 0.1) is 10.9 Å². The number of nitrogens with zero attached hydrogens (tertiary/aromatic N) is 1. The number of benzene rings is 3. The van der Waals surface area contributed by atoms with Gasteiger partial charge in [-0.3, -0.25) is 14.4 Å². The van der Waals surface area contributed by atoms with Gasteiger partial charge in [0.2, 0.25) is 5.91 Å². The first kappa shape index (κ1) is 31.2. The molecule has 0 aliphatic carbocycles. The topological polar surface area (TPSA) is 100 Å². The van der Waals surface area contributed by atoms with Crippen molar-refractivity contribution in [1.29, 1.82) is 0 Å². The van der Waals surface area contributed by atoms with Gasteiger partial charge < -0.3 is 16.0 Å². The number of thiophene rings is 1. The van der Waals surface area contributed by atoms with Crippen molar-refractivity contribution in [2.75, 3.05) is 10.6 Å². The zero-order chi connectivity index (χ0) is 30.9. The van der Waals surface area contributed by atoms with Crippen LogP contribution in [-0.2, 0) is 9.59 Å². The summed E-state index contributed by atoms with van der Waals surface area (Å²) in [6.45, 7) is 1.95. The molecule has 3 amide bonds. The number of hydrogen-bond acceptors (Lipinski definition) is 7. The number of hydrogen-bond donors (Lipinski definition) is 3. The van der Waals surface area contributed by atoms with Crippen molar-refractivity contribution in [3.05, 3.63) is 123 Å². The molecule has 44 heavy (non-hydrogen) atoms. The minimum Gasteiger partial charge on any atom is -0.321 e. The van der Waals surface area contributed by atoms with E-state index in [9.17, 15) is 14.4 Å². The molecule has 11 heteroatoms. The Kier molecular flexibility index (Phi) is 10.6. The zero-order valence-electron chi connectivity index (χ0n) is 23.5. The molecule has 0 bridgehead atoms. The zero-order valence-corrected chi connectivity index (χ0v) is 26.7. The summed E-state index contributed by atoms with van der Waals surface area (Å²) in [7, 11) is 0. The maximum atomic E-state index is 13.4. The molecule has 0 saturated carbocycles. The molecule has 5 rings (SSSR count). The second kappa shape index (κ2) is 15.0. The number of rotatable bonds is 11. The van der Waals surface area contributed by atoms with Gasteiger partial charge >= 0.3 is 0 Å². The summed E-state index contributed by atoms with van der Waals surface area (Å²) in [5, 5.41) is 15.0. The normalized spacial score (nSPS) is 11.9. The average Bonchev–Trinajstić information content (AvgIpc) is 3.73. The molecule has 1 unspecified atom stereocenters. The van der Waals surface area contributed by atoms with Gasteiger partial charge in [0.25, 0.3) is 11.8 Å². The third kappa shape index (κ3) is 8.45. The number of amides is 3. The molecule has 0 aliphatic rings. The summed E-state index contributed by atoms with van der Waals surface area (Å²) >= 11 is 10.2. The number of carbonyl (C=O) groups is 3. The highest BCUT2D eigenvalue weighted by molar-refractivity contribution is 8.00. The summed E-state index contributed by atoms with van der Waals surface area (Å²) in [6.07, 6.45) is 2.22. The fourth-order valence-electron chi connectivity index (χ4n) is 4.07. The highest BCUT2D eigenvalue weighted by Gasteiger charge is 2.20. The standard InChI is InChI=1S/C33H27ClN4O3S3/c1-2-29(32(41)38-33-37-28(20-43-33)22-11-13-24(34)14-12-22)44-26-10-6-9-25(18-26)35-31(40)27(17-21-15-16-42-19-21)36-30(39)23-7-4-3-5-8-23/h3-20,29H,2H2,1H3,(H,35,40)(H,36,39)(H,37,38,41)/b27-17-. The van der Waals surface area contributed by atoms with Gasteiger partial charge in [-0.05, 0) is 77.4 Å². The number of nitrogens with one attached hydrogen (secondary N) is 3. The minimum absolute atomic E-state index is 0.113. The Morgan fingerprint density at radius 1 is 0.955 bits per heavy atom. The Labute approximate surface area is 272 Å². The summed E-state index contributed by atoms with van der Waals surface area (Å²) in [5.41, 5.74) is 3.57. The summed E-state index contributed by atoms with van der Waals surface area (Å²) < 4.78 is 0. The molecule has 0 aliphatic heterocycles. The van der Waals surface area contributed by atoms with Crippen LogP contribution >= 0.6 is 46.0 Å². The molecular weight excluding hydrogens is 632 g/mol. The fourth-order valence-corrected chi connectivity index (χ4v) is 6.55. The Balaban J connectivity index is 1.25. The smallest absolute Gasteiger partial charge is 0.272 e. The van der Waals surface area contributed by atoms with E-state index in [1.165, 1.54) is 34.4 Å². The van der Waals surface area contributed by atoms with Crippen molar-refractivity contribution in [3.8, 4) is 11.3 Å². The van der Waals surface area contributed by atoms with Gasteiger partial charge in [0.15, 0.2) is 5.13 Å². The number of halogens is 1. The number of aromatic nitrogens is 1. The third-order valence-corrected chi connectivity index (χ3v) is 9.36. The SMILES string of the molecule is CCC(Sc1cccc(NC(=O)/C(=C/c2ccsc2)NC(=O)c2ccccc2)c1)C(=O)Nc1nc(-c2ccc(Cl)cc2)cs1. The first-order valence-electron chi connectivity index (χ1n) is 13.6. The predicted octanol–water partition coefficient (Wildman–Crippen LogP) is 8.44. The lowest BCUT2D eigenvalue weighted by Gasteiger charge is -2.15. The highest BCUT2D eigenvalue weighted by atomic mass is 35.5. The van der Waals surface area contributed by atoms with Gasteiger partial charge in [0, 0.05) is 32.1 Å². The first-order chi connectivity index (χ1) is 21.4. The van der Waals surface area contributed by atoms with Crippen LogP contribution in [-0.4, -0.2) is 28.0 Å². The molecule has 2 aromatic heterocycles. The minimum atomic E-state index is -0.465. The van der Waals surface area contributed by atoms with Crippen LogP contribution in [0.5, 0.6) is 0 Å². The summed E-state index contributed by atoms with van der Waals surface area (Å²) in [5.74, 6) is -1.01. The summed E-state index contributed by atoms with van der Waals surface area (Å²) in [4.78, 5) is 44.7. The van der Waals surface area contributed by atoms with Crippen LogP contribution in [0.2, 0.25) is 5.02 Å². The monoisotopic (exact) mass is 658 g/mol. The van der Waals surface area contributed by atoms with E-state index in [0.29, 0.717) is 27.8 Å². The number of thioether (sulfide) groups is 1. The van der Waals surface area contributed by atoms with Crippen LogP contribution in [0.25, 0.3) is 17.3 Å². The fraction of sp³-hybridized carbons (Fsp3) is 0.0909. The first-order valence-corrected chi connectivity index (χ1v) is 16.7. The molecule has 0 radical (unpaired) electrons. The molecule has 0 fully saturated rings. The predicted molar refractivity (Wildman–Crippen MR) is 182 cm³/mol. The molecule has 7 nitrogen and oxygen atoms in total. The Morgan fingerprint density at radius 2 is 1.75 bits per heavy atom. The molecular formula is C33H27ClN4O3S3. The summed E-state index contributed by atoms with van der Waals surface area (Å²) in [6, 6.07) is 25.2. The molecule has 0 saturated heterocycles. The second-order valence-electron chi connectivity index (χ2n) is 9.47. The average molecular weight is 659 g/mol. The van der Waals surface area contributed by atoms with Crippen molar-refractivity contribution in [2.45, 2.75) is 23.5 Å². The van der Waals surface area contributed by atoms with Crippen LogP contribution in [0, 0.1) is 0 Å². The van der Waals surface area contributed by atoms with E-state index in [1.807, 2.05) is 65.5 Å². The number of thiazole rings is 1. The van der Waals surface area contributed by atoms with Crippen molar-refractivity contribution < 1.29 is 14.4 Å². The van der Waals surface area contributed by atoms with Gasteiger partial charge in [0.1, 0.15) is 5.70 Å². The van der Waals surface area contributed by atoms with Crippen LogP contribution in [0.4, 0.5) is 10.8 Å². The van der Waals surface area contributed by atoms with E-state index in [-0.39, 0.29) is 22.8 Å². The third-order valence-electron chi connectivity index (χ3n) is 6.29. The molecule has 222 valence electrons. The lowest BCUT2D eigenvalue weighted by Crippen LogP contribution is -2.30. The van der Waals surface area contributed by atoms with Crippen LogP contribution in [0.15, 0.2) is 112 Å². The van der Waals surface area contributed by atoms with E-state index in [0.717, 1.165) is 21.7 Å². The highest BCUT2D eigenvalue weighted by Crippen LogP contribution is 2.30. The van der Waals surface area contributed by atoms with E-state index in [1.54, 1.807) is 48.5 Å². The molecule has 5 aromatic rings. The number of carbonyl (C=O) groups excluding carboxylic acids is 3. The van der Waals surface area contributed by atoms with Crippen LogP contribution in [0.3, 0.4) is 0 Å². The maximum absolute atomic E-state index is 13.4. The van der Waals surface area contributed by atoms with Crippen LogP contribution in [0.1, 0.15) is 29.3 Å². The van der Waals surface area contributed by atoms with Gasteiger partial charge in [-0.25, -0.2) is 4.98 Å². The van der Waals surface area contributed by atoms with Crippen molar-refractivity contribution in [1.82, 2.24) is 10.3 Å². The van der Waals surface area contributed by atoms with E-state index < -0.39 is 5.91 Å². The van der Waals surface area contributed by atoms with E-state index in [2.05, 4.69) is 20.9 Å². The van der Waals surface area contributed by atoms with Gasteiger partial charge in [-0.2, -0.15) is 11.3 Å². The Bertz CT molecular complexity index is 1770.